The van der Waals surface area contributed by atoms with Crippen molar-refractivity contribution >= 4 is 28.3 Å². The Morgan fingerprint density at radius 1 is 1.35 bits per heavy atom. The second kappa shape index (κ2) is 6.60. The van der Waals surface area contributed by atoms with Gasteiger partial charge in [-0.3, -0.25) is 4.79 Å². The average molecular weight is 371 g/mol. The molecular weight excluding hydrogens is 358 g/mol. The van der Waals surface area contributed by atoms with Crippen molar-refractivity contribution in [3.8, 4) is 11.5 Å². The number of fused-ring (bicyclic) bond motifs is 2. The van der Waals surface area contributed by atoms with Crippen molar-refractivity contribution in [2.45, 2.75) is 13.5 Å². The number of ether oxygens (including phenoxy) is 3. The molecule has 0 radical (unpaired) electrons. The standard InChI is InChI=1S/C17H13N3O5S/c1-10-6-15(21)20-17(18-10)26-14(19-20)8-23-16(22)5-3-11-2-4-12-13(7-11)25-9-24-12/h2-7H,8-9H2,1H3/b5-3+. The first kappa shape index (κ1) is 16.3. The molecule has 0 amide bonds. The fourth-order valence-electron chi connectivity index (χ4n) is 2.38. The van der Waals surface area contributed by atoms with Crippen LogP contribution in [0.25, 0.3) is 11.0 Å². The Hall–Kier alpha value is -3.20. The van der Waals surface area contributed by atoms with Gasteiger partial charge in [0.25, 0.3) is 5.56 Å². The topological polar surface area (TPSA) is 92.0 Å². The molecule has 26 heavy (non-hydrogen) atoms. The Labute approximate surface area is 151 Å². The van der Waals surface area contributed by atoms with Gasteiger partial charge in [0, 0.05) is 17.8 Å². The third kappa shape index (κ3) is 3.29. The summed E-state index contributed by atoms with van der Waals surface area (Å²) < 4.78 is 16.9. The number of aromatic nitrogens is 3. The molecule has 4 rings (SSSR count). The molecule has 132 valence electrons. The van der Waals surface area contributed by atoms with Gasteiger partial charge in [0.1, 0.15) is 6.61 Å². The molecule has 1 aliphatic heterocycles. The number of benzene rings is 1. The van der Waals surface area contributed by atoms with E-state index in [-0.39, 0.29) is 19.0 Å². The van der Waals surface area contributed by atoms with Crippen LogP contribution in [0.1, 0.15) is 16.3 Å². The Morgan fingerprint density at radius 2 is 2.19 bits per heavy atom. The molecule has 0 spiro atoms. The highest BCUT2D eigenvalue weighted by atomic mass is 32.1. The molecule has 3 heterocycles. The molecule has 0 fully saturated rings. The number of nitrogens with zero attached hydrogens (tertiary/aromatic N) is 3. The summed E-state index contributed by atoms with van der Waals surface area (Å²) in [5.41, 5.74) is 1.15. The first-order chi connectivity index (χ1) is 12.6. The van der Waals surface area contributed by atoms with E-state index >= 15 is 0 Å². The second-order valence-electron chi connectivity index (χ2n) is 5.48. The largest absolute Gasteiger partial charge is 0.455 e. The molecule has 0 bridgehead atoms. The van der Waals surface area contributed by atoms with Gasteiger partial charge in [0.05, 0.1) is 0 Å². The number of rotatable bonds is 4. The van der Waals surface area contributed by atoms with Gasteiger partial charge in [-0.05, 0) is 30.7 Å². The lowest BCUT2D eigenvalue weighted by molar-refractivity contribution is -0.138. The Balaban J connectivity index is 1.41. The summed E-state index contributed by atoms with van der Waals surface area (Å²) in [6, 6.07) is 6.77. The zero-order valence-corrected chi connectivity index (χ0v) is 14.5. The predicted molar refractivity (Wildman–Crippen MR) is 93.3 cm³/mol. The minimum atomic E-state index is -0.515. The highest BCUT2D eigenvalue weighted by Gasteiger charge is 2.12. The normalized spacial score (nSPS) is 12.8. The molecule has 0 unspecified atom stereocenters. The van der Waals surface area contributed by atoms with Crippen molar-refractivity contribution in [1.82, 2.24) is 14.6 Å². The van der Waals surface area contributed by atoms with Crippen molar-refractivity contribution < 1.29 is 19.0 Å². The van der Waals surface area contributed by atoms with Gasteiger partial charge in [0.2, 0.25) is 11.8 Å². The van der Waals surface area contributed by atoms with E-state index in [0.717, 1.165) is 5.56 Å². The smallest absolute Gasteiger partial charge is 0.331 e. The van der Waals surface area contributed by atoms with E-state index in [9.17, 15) is 9.59 Å². The fourth-order valence-corrected chi connectivity index (χ4v) is 3.24. The lowest BCUT2D eigenvalue weighted by Gasteiger charge is -1.99. The third-order valence-electron chi connectivity index (χ3n) is 3.56. The summed E-state index contributed by atoms with van der Waals surface area (Å²) in [6.07, 6.45) is 2.94. The molecule has 1 aromatic carbocycles. The quantitative estimate of drug-likeness (QED) is 0.511. The number of carbonyl (C=O) groups excluding carboxylic acids is 1. The Kier molecular flexibility index (Phi) is 4.13. The van der Waals surface area contributed by atoms with E-state index in [0.29, 0.717) is 27.2 Å². The van der Waals surface area contributed by atoms with Crippen LogP contribution >= 0.6 is 11.3 Å². The van der Waals surface area contributed by atoms with Crippen LogP contribution in [0, 0.1) is 6.92 Å². The first-order valence-corrected chi connectivity index (χ1v) is 8.51. The predicted octanol–water partition coefficient (Wildman–Crippen LogP) is 1.94. The van der Waals surface area contributed by atoms with Gasteiger partial charge in [-0.2, -0.15) is 9.61 Å². The molecule has 0 N–H and O–H groups in total. The van der Waals surface area contributed by atoms with Crippen LogP contribution in [0.3, 0.4) is 0 Å². The molecular formula is C17H13N3O5S. The van der Waals surface area contributed by atoms with Crippen LogP contribution in [0.15, 0.2) is 35.1 Å². The summed E-state index contributed by atoms with van der Waals surface area (Å²) in [7, 11) is 0. The SMILES string of the molecule is Cc1cc(=O)n2nc(COC(=O)/C=C/c3ccc4c(c3)OCO4)sc2n1. The maximum atomic E-state index is 11.9. The van der Waals surface area contributed by atoms with Gasteiger partial charge < -0.3 is 14.2 Å². The van der Waals surface area contributed by atoms with E-state index in [1.54, 1.807) is 25.1 Å². The van der Waals surface area contributed by atoms with Crippen LogP contribution < -0.4 is 15.0 Å². The van der Waals surface area contributed by atoms with Gasteiger partial charge >= 0.3 is 5.97 Å². The highest BCUT2D eigenvalue weighted by molar-refractivity contribution is 7.16. The van der Waals surface area contributed by atoms with Crippen LogP contribution in [-0.2, 0) is 16.1 Å². The maximum Gasteiger partial charge on any atom is 0.331 e. The summed E-state index contributed by atoms with van der Waals surface area (Å²) >= 11 is 1.20. The summed E-state index contributed by atoms with van der Waals surface area (Å²) in [6.45, 7) is 1.91. The lowest BCUT2D eigenvalue weighted by Crippen LogP contribution is -2.14. The van der Waals surface area contributed by atoms with E-state index < -0.39 is 5.97 Å². The van der Waals surface area contributed by atoms with E-state index in [1.807, 2.05) is 6.07 Å². The molecule has 3 aromatic rings. The van der Waals surface area contributed by atoms with Crippen LogP contribution in [-0.4, -0.2) is 27.4 Å². The van der Waals surface area contributed by atoms with Crippen molar-refractivity contribution in [3.63, 3.8) is 0 Å². The number of hydrogen-bond donors (Lipinski definition) is 0. The van der Waals surface area contributed by atoms with E-state index in [4.69, 9.17) is 14.2 Å². The minimum Gasteiger partial charge on any atom is -0.455 e. The molecule has 9 heteroatoms. The van der Waals surface area contributed by atoms with E-state index in [2.05, 4.69) is 10.1 Å². The number of esters is 1. The number of hydrogen-bond acceptors (Lipinski definition) is 8. The monoisotopic (exact) mass is 371 g/mol. The van der Waals surface area contributed by atoms with Crippen LogP contribution in [0.5, 0.6) is 11.5 Å². The first-order valence-electron chi connectivity index (χ1n) is 7.69. The zero-order valence-electron chi connectivity index (χ0n) is 13.7. The van der Waals surface area contributed by atoms with E-state index in [1.165, 1.54) is 28.0 Å². The maximum absolute atomic E-state index is 11.9. The molecule has 1 aliphatic rings. The Bertz CT molecular complexity index is 1090. The summed E-state index contributed by atoms with van der Waals surface area (Å²) in [5, 5.41) is 4.60. The number of aryl methyl sites for hydroxylation is 1. The lowest BCUT2D eigenvalue weighted by atomic mass is 10.2. The highest BCUT2D eigenvalue weighted by Crippen LogP contribution is 2.32. The minimum absolute atomic E-state index is 0.0309. The molecule has 0 saturated carbocycles. The van der Waals surface area contributed by atoms with Gasteiger partial charge in [-0.25, -0.2) is 9.78 Å². The summed E-state index contributed by atoms with van der Waals surface area (Å²) in [5.74, 6) is 0.807. The van der Waals surface area contributed by atoms with Crippen molar-refractivity contribution in [2.75, 3.05) is 6.79 Å². The van der Waals surface area contributed by atoms with Gasteiger partial charge in [-0.15, -0.1) is 0 Å². The molecule has 8 nitrogen and oxygen atoms in total. The third-order valence-corrected chi connectivity index (χ3v) is 4.44. The van der Waals surface area contributed by atoms with Crippen LogP contribution in [0.2, 0.25) is 0 Å². The fraction of sp³-hybridized carbons (Fsp3) is 0.176. The average Bonchev–Trinajstić information content (AvgIpc) is 3.24. The van der Waals surface area contributed by atoms with Crippen molar-refractivity contribution in [2.24, 2.45) is 0 Å². The summed E-state index contributed by atoms with van der Waals surface area (Å²) in [4.78, 5) is 28.4. The van der Waals surface area contributed by atoms with Crippen molar-refractivity contribution in [1.29, 1.82) is 0 Å². The zero-order chi connectivity index (χ0) is 18.1. The second-order valence-corrected chi connectivity index (χ2v) is 6.52. The molecule has 0 atom stereocenters. The molecule has 2 aromatic heterocycles. The van der Waals surface area contributed by atoms with Crippen molar-refractivity contribution in [3.05, 3.63) is 57.0 Å². The molecule has 0 aliphatic carbocycles. The number of carbonyl (C=O) groups is 1. The Morgan fingerprint density at radius 3 is 3.08 bits per heavy atom. The van der Waals surface area contributed by atoms with Crippen LogP contribution in [0.4, 0.5) is 0 Å². The van der Waals surface area contributed by atoms with Gasteiger partial charge in [0.15, 0.2) is 16.5 Å². The van der Waals surface area contributed by atoms with Gasteiger partial charge in [-0.1, -0.05) is 17.4 Å². The molecule has 0 saturated heterocycles.